The maximum absolute atomic E-state index is 11.6. The van der Waals surface area contributed by atoms with Gasteiger partial charge in [-0.05, 0) is 18.8 Å². The van der Waals surface area contributed by atoms with Crippen LogP contribution in [-0.2, 0) is 5.41 Å². The summed E-state index contributed by atoms with van der Waals surface area (Å²) >= 11 is 0. The average molecular weight is 223 g/mol. The second kappa shape index (κ2) is 3.88. The summed E-state index contributed by atoms with van der Waals surface area (Å²) in [4.78, 5) is 15.7. The molecule has 0 unspecified atom stereocenters. The van der Waals surface area contributed by atoms with Crippen LogP contribution in [0, 0.1) is 5.92 Å². The Morgan fingerprint density at radius 3 is 2.81 bits per heavy atom. The summed E-state index contributed by atoms with van der Waals surface area (Å²) in [7, 11) is 0. The van der Waals surface area contributed by atoms with Gasteiger partial charge in [0.05, 0.1) is 0 Å². The minimum Gasteiger partial charge on any atom is -0.348 e. The Morgan fingerprint density at radius 1 is 1.56 bits per heavy atom. The fraction of sp³-hybridized carbons (Fsp3) is 0.727. The smallest absolute Gasteiger partial charge is 0.315 e. The number of amides is 1. The lowest BCUT2D eigenvalue weighted by molar-refractivity contribution is 0.0905. The zero-order valence-corrected chi connectivity index (χ0v) is 9.91. The summed E-state index contributed by atoms with van der Waals surface area (Å²) in [5, 5.41) is 6.60. The molecule has 1 N–H and O–H groups in total. The first-order chi connectivity index (χ1) is 7.51. The highest BCUT2D eigenvalue weighted by atomic mass is 16.5. The van der Waals surface area contributed by atoms with Gasteiger partial charge in [-0.25, -0.2) is 0 Å². The third-order valence-corrected chi connectivity index (χ3v) is 2.83. The predicted molar refractivity (Wildman–Crippen MR) is 58.1 cm³/mol. The maximum atomic E-state index is 11.6. The summed E-state index contributed by atoms with van der Waals surface area (Å²) in [6.45, 7) is 6.76. The van der Waals surface area contributed by atoms with E-state index in [0.29, 0.717) is 18.3 Å². The molecule has 1 aromatic rings. The van der Waals surface area contributed by atoms with E-state index in [1.54, 1.807) is 0 Å². The fourth-order valence-electron chi connectivity index (χ4n) is 1.34. The van der Waals surface area contributed by atoms with Crippen molar-refractivity contribution in [2.45, 2.75) is 39.0 Å². The van der Waals surface area contributed by atoms with Crippen LogP contribution in [0.3, 0.4) is 0 Å². The van der Waals surface area contributed by atoms with Gasteiger partial charge in [0.2, 0.25) is 0 Å². The number of nitrogens with one attached hydrogen (secondary N) is 1. The van der Waals surface area contributed by atoms with Crippen molar-refractivity contribution < 1.29 is 9.32 Å². The Bertz CT molecular complexity index is 394. The van der Waals surface area contributed by atoms with Gasteiger partial charge in [-0.1, -0.05) is 25.9 Å². The lowest BCUT2D eigenvalue weighted by Crippen LogP contribution is -2.27. The Hall–Kier alpha value is -1.39. The van der Waals surface area contributed by atoms with Crippen molar-refractivity contribution in [1.82, 2.24) is 15.5 Å². The average Bonchev–Trinajstić information content (AvgIpc) is 2.82. The van der Waals surface area contributed by atoms with Crippen LogP contribution in [0.2, 0.25) is 0 Å². The highest BCUT2D eigenvalue weighted by Crippen LogP contribution is 2.45. The van der Waals surface area contributed by atoms with Crippen molar-refractivity contribution in [3.05, 3.63) is 11.7 Å². The SMILES string of the molecule is CC(C)CNC(=O)c1nc(C2(C)CC2)no1. The highest BCUT2D eigenvalue weighted by Gasteiger charge is 2.43. The first-order valence-corrected chi connectivity index (χ1v) is 5.64. The van der Waals surface area contributed by atoms with Crippen LogP contribution >= 0.6 is 0 Å². The van der Waals surface area contributed by atoms with Gasteiger partial charge in [0.15, 0.2) is 5.82 Å². The Morgan fingerprint density at radius 2 is 2.25 bits per heavy atom. The van der Waals surface area contributed by atoms with Crippen LogP contribution in [0.15, 0.2) is 4.52 Å². The molecule has 0 aromatic carbocycles. The summed E-state index contributed by atoms with van der Waals surface area (Å²) in [6, 6.07) is 0. The molecule has 0 radical (unpaired) electrons. The molecule has 1 amide bonds. The van der Waals surface area contributed by atoms with Crippen LogP contribution < -0.4 is 5.32 Å². The summed E-state index contributed by atoms with van der Waals surface area (Å²) in [5.41, 5.74) is 0.0417. The topological polar surface area (TPSA) is 68.0 Å². The quantitative estimate of drug-likeness (QED) is 0.840. The van der Waals surface area contributed by atoms with E-state index < -0.39 is 0 Å². The van der Waals surface area contributed by atoms with Crippen molar-refractivity contribution in [2.24, 2.45) is 5.92 Å². The van der Waals surface area contributed by atoms with Crippen LogP contribution in [0.25, 0.3) is 0 Å². The van der Waals surface area contributed by atoms with Crippen molar-refractivity contribution in [2.75, 3.05) is 6.54 Å². The molecule has 5 nitrogen and oxygen atoms in total. The van der Waals surface area contributed by atoms with Crippen molar-refractivity contribution in [3.63, 3.8) is 0 Å². The van der Waals surface area contributed by atoms with Gasteiger partial charge in [-0.2, -0.15) is 4.98 Å². The van der Waals surface area contributed by atoms with Gasteiger partial charge in [0.1, 0.15) is 0 Å². The molecular formula is C11H17N3O2. The van der Waals surface area contributed by atoms with E-state index in [4.69, 9.17) is 4.52 Å². The first-order valence-electron chi connectivity index (χ1n) is 5.64. The molecular weight excluding hydrogens is 206 g/mol. The van der Waals surface area contributed by atoms with E-state index in [9.17, 15) is 4.79 Å². The molecule has 0 atom stereocenters. The van der Waals surface area contributed by atoms with Gasteiger partial charge in [0.25, 0.3) is 0 Å². The minimum atomic E-state index is -0.281. The highest BCUT2D eigenvalue weighted by molar-refractivity contribution is 5.89. The lowest BCUT2D eigenvalue weighted by Gasteiger charge is -2.03. The van der Waals surface area contributed by atoms with Gasteiger partial charge in [0, 0.05) is 12.0 Å². The zero-order valence-electron chi connectivity index (χ0n) is 9.91. The number of hydrogen-bond acceptors (Lipinski definition) is 4. The van der Waals surface area contributed by atoms with E-state index >= 15 is 0 Å². The van der Waals surface area contributed by atoms with Gasteiger partial charge >= 0.3 is 11.8 Å². The Kier molecular flexibility index (Phi) is 2.69. The molecule has 16 heavy (non-hydrogen) atoms. The number of carbonyl (C=O) groups excluding carboxylic acids is 1. The molecule has 0 spiro atoms. The third kappa shape index (κ3) is 2.23. The molecule has 1 aliphatic rings. The van der Waals surface area contributed by atoms with E-state index in [-0.39, 0.29) is 17.2 Å². The second-order valence-corrected chi connectivity index (χ2v) is 5.09. The fourth-order valence-corrected chi connectivity index (χ4v) is 1.34. The number of aromatic nitrogens is 2. The molecule has 0 bridgehead atoms. The number of carbonyl (C=O) groups is 1. The largest absolute Gasteiger partial charge is 0.348 e. The molecule has 5 heteroatoms. The van der Waals surface area contributed by atoms with Crippen LogP contribution in [0.1, 0.15) is 50.1 Å². The molecule has 1 fully saturated rings. The standard InChI is InChI=1S/C11H17N3O2/c1-7(2)6-12-8(15)9-13-10(14-16-9)11(3)4-5-11/h7H,4-6H2,1-3H3,(H,12,15). The van der Waals surface area contributed by atoms with Gasteiger partial charge in [-0.3, -0.25) is 4.79 Å². The summed E-state index contributed by atoms with van der Waals surface area (Å²) in [6.07, 6.45) is 2.14. The van der Waals surface area contributed by atoms with Gasteiger partial charge in [-0.15, -0.1) is 0 Å². The summed E-state index contributed by atoms with van der Waals surface area (Å²) < 4.78 is 4.95. The van der Waals surface area contributed by atoms with E-state index in [2.05, 4.69) is 22.4 Å². The predicted octanol–water partition coefficient (Wildman–Crippen LogP) is 1.51. The molecule has 2 rings (SSSR count). The number of nitrogens with zero attached hydrogens (tertiary/aromatic N) is 2. The van der Waals surface area contributed by atoms with E-state index in [0.717, 1.165) is 12.8 Å². The molecule has 1 aliphatic carbocycles. The number of rotatable bonds is 4. The summed E-state index contributed by atoms with van der Waals surface area (Å²) in [5.74, 6) is 0.856. The zero-order chi connectivity index (χ0) is 11.8. The van der Waals surface area contributed by atoms with Crippen LogP contribution in [-0.4, -0.2) is 22.6 Å². The van der Waals surface area contributed by atoms with Crippen LogP contribution in [0.5, 0.6) is 0 Å². The second-order valence-electron chi connectivity index (χ2n) is 5.09. The monoisotopic (exact) mass is 223 g/mol. The van der Waals surface area contributed by atoms with E-state index in [1.807, 2.05) is 13.8 Å². The van der Waals surface area contributed by atoms with Crippen molar-refractivity contribution in [3.8, 4) is 0 Å². The normalized spacial score (nSPS) is 17.5. The van der Waals surface area contributed by atoms with Gasteiger partial charge < -0.3 is 9.84 Å². The van der Waals surface area contributed by atoms with Crippen molar-refractivity contribution in [1.29, 1.82) is 0 Å². The molecule has 1 heterocycles. The lowest BCUT2D eigenvalue weighted by atomic mass is 10.1. The van der Waals surface area contributed by atoms with Crippen molar-refractivity contribution >= 4 is 5.91 Å². The Balaban J connectivity index is 1.99. The molecule has 1 aromatic heterocycles. The Labute approximate surface area is 94.6 Å². The maximum Gasteiger partial charge on any atom is 0.315 e. The van der Waals surface area contributed by atoms with Crippen LogP contribution in [0.4, 0.5) is 0 Å². The molecule has 0 saturated heterocycles. The first kappa shape index (κ1) is 11.1. The minimum absolute atomic E-state index is 0.0417. The molecule has 1 saturated carbocycles. The molecule has 88 valence electrons. The number of hydrogen-bond donors (Lipinski definition) is 1. The molecule has 0 aliphatic heterocycles. The van der Waals surface area contributed by atoms with E-state index in [1.165, 1.54) is 0 Å². The third-order valence-electron chi connectivity index (χ3n) is 2.83.